The zero-order chi connectivity index (χ0) is 23.0. The van der Waals surface area contributed by atoms with Gasteiger partial charge >= 0.3 is 0 Å². The maximum absolute atomic E-state index is 13.2. The molecular formula is C23H28ClN3O5. The molecule has 32 heavy (non-hydrogen) atoms. The molecule has 0 radical (unpaired) electrons. The molecule has 172 valence electrons. The molecule has 3 aliphatic rings. The number of nitrogens with one attached hydrogen (secondary N) is 2. The summed E-state index contributed by atoms with van der Waals surface area (Å²) in [5, 5.41) is 6.09. The van der Waals surface area contributed by atoms with E-state index >= 15 is 0 Å². The number of nitrogens with zero attached hydrogens (tertiary/aromatic N) is 1. The van der Waals surface area contributed by atoms with Crippen LogP contribution < -0.4 is 15.4 Å². The van der Waals surface area contributed by atoms with Crippen LogP contribution in [0.3, 0.4) is 0 Å². The Hall–Kier alpha value is -2.61. The molecule has 2 unspecified atom stereocenters. The van der Waals surface area contributed by atoms with Gasteiger partial charge in [0.1, 0.15) is 18.1 Å². The predicted molar refractivity (Wildman–Crippen MR) is 117 cm³/mol. The van der Waals surface area contributed by atoms with E-state index in [-0.39, 0.29) is 53.9 Å². The topological polar surface area (TPSA) is 105 Å². The van der Waals surface area contributed by atoms with Gasteiger partial charge in [-0.25, -0.2) is 0 Å². The lowest BCUT2D eigenvalue weighted by molar-refractivity contribution is -0.142. The molecule has 2 aliphatic heterocycles. The van der Waals surface area contributed by atoms with Gasteiger partial charge in [0, 0.05) is 24.0 Å². The molecule has 1 aromatic rings. The molecule has 4 rings (SSSR count). The molecule has 2 heterocycles. The minimum absolute atomic E-state index is 0.0315. The number of rotatable bonds is 8. The largest absolute Gasteiger partial charge is 0.484 e. The average Bonchev–Trinajstić information content (AvgIpc) is 3.13. The second-order valence-electron chi connectivity index (χ2n) is 9.45. The maximum atomic E-state index is 13.2. The molecule has 2 N–H and O–H groups in total. The Balaban J connectivity index is 1.41. The molecule has 3 fully saturated rings. The SMILES string of the molecule is CC1(C)C2CN(C(=O)COc3ccc(Cl)cc3)[C@@H](C(=O)N[C@H](C=O)C[C@@H]3CCNC3=O)C21. The number of amides is 3. The Morgan fingerprint density at radius 1 is 1.34 bits per heavy atom. The number of hydrogen-bond acceptors (Lipinski definition) is 5. The zero-order valence-electron chi connectivity index (χ0n) is 18.2. The van der Waals surface area contributed by atoms with Crippen LogP contribution in [0.15, 0.2) is 24.3 Å². The van der Waals surface area contributed by atoms with Crippen molar-refractivity contribution in [1.29, 1.82) is 0 Å². The highest BCUT2D eigenvalue weighted by molar-refractivity contribution is 6.30. The van der Waals surface area contributed by atoms with Crippen molar-refractivity contribution in [2.45, 2.75) is 38.8 Å². The number of fused-ring (bicyclic) bond motifs is 1. The van der Waals surface area contributed by atoms with Crippen molar-refractivity contribution >= 4 is 35.6 Å². The quantitative estimate of drug-likeness (QED) is 0.569. The Morgan fingerprint density at radius 2 is 2.06 bits per heavy atom. The van der Waals surface area contributed by atoms with Crippen LogP contribution in [0.25, 0.3) is 0 Å². The smallest absolute Gasteiger partial charge is 0.261 e. The van der Waals surface area contributed by atoms with Gasteiger partial charge < -0.3 is 25.1 Å². The molecule has 1 aromatic carbocycles. The number of halogens is 1. The molecular weight excluding hydrogens is 434 g/mol. The third kappa shape index (κ3) is 4.33. The van der Waals surface area contributed by atoms with Crippen LogP contribution in [0.2, 0.25) is 5.02 Å². The molecule has 0 spiro atoms. The Bertz CT molecular complexity index is 919. The van der Waals surface area contributed by atoms with Crippen LogP contribution in [0.5, 0.6) is 5.75 Å². The van der Waals surface area contributed by atoms with Crippen LogP contribution in [0.4, 0.5) is 0 Å². The minimum atomic E-state index is -0.764. The molecule has 0 aromatic heterocycles. The summed E-state index contributed by atoms with van der Waals surface area (Å²) in [4.78, 5) is 51.2. The van der Waals surface area contributed by atoms with Gasteiger partial charge in [-0.15, -0.1) is 0 Å². The van der Waals surface area contributed by atoms with E-state index in [4.69, 9.17) is 16.3 Å². The Kier molecular flexibility index (Phi) is 6.16. The second kappa shape index (κ2) is 8.73. The number of aldehydes is 1. The van der Waals surface area contributed by atoms with Gasteiger partial charge in [-0.3, -0.25) is 14.4 Å². The van der Waals surface area contributed by atoms with Crippen molar-refractivity contribution in [3.8, 4) is 5.75 Å². The first kappa shape index (κ1) is 22.6. The standard InChI is InChI=1S/C23H28ClN3O5/c1-23(2)17-10-27(18(29)12-32-16-5-3-14(24)4-6-16)20(19(17)23)22(31)26-15(11-28)9-13-7-8-25-21(13)30/h3-6,11,13,15,17,19-20H,7-10,12H2,1-2H3,(H,25,30)(H,26,31)/t13-,15-,17?,19?,20+/m0/s1. The summed E-state index contributed by atoms with van der Waals surface area (Å²) >= 11 is 5.87. The summed E-state index contributed by atoms with van der Waals surface area (Å²) in [6, 6.07) is 5.29. The maximum Gasteiger partial charge on any atom is 0.261 e. The van der Waals surface area contributed by atoms with Crippen molar-refractivity contribution in [3.63, 3.8) is 0 Å². The van der Waals surface area contributed by atoms with Gasteiger partial charge in [-0.2, -0.15) is 0 Å². The third-order valence-electron chi connectivity index (χ3n) is 7.17. The van der Waals surface area contributed by atoms with E-state index in [0.29, 0.717) is 36.6 Å². The van der Waals surface area contributed by atoms with E-state index in [1.54, 1.807) is 29.2 Å². The van der Waals surface area contributed by atoms with Gasteiger partial charge in [-0.05, 0) is 54.4 Å². The predicted octanol–water partition coefficient (Wildman–Crippen LogP) is 1.41. The van der Waals surface area contributed by atoms with Crippen LogP contribution >= 0.6 is 11.6 Å². The van der Waals surface area contributed by atoms with Crippen molar-refractivity contribution in [2.75, 3.05) is 19.7 Å². The van der Waals surface area contributed by atoms with Gasteiger partial charge in [0.05, 0.1) is 6.04 Å². The van der Waals surface area contributed by atoms with Gasteiger partial charge in [0.2, 0.25) is 11.8 Å². The van der Waals surface area contributed by atoms with Crippen molar-refractivity contribution in [2.24, 2.45) is 23.2 Å². The second-order valence-corrected chi connectivity index (χ2v) is 9.89. The number of piperidine rings is 1. The lowest BCUT2D eigenvalue weighted by atomic mass is 9.97. The molecule has 1 saturated carbocycles. The van der Waals surface area contributed by atoms with E-state index < -0.39 is 12.1 Å². The van der Waals surface area contributed by atoms with Crippen molar-refractivity contribution in [3.05, 3.63) is 29.3 Å². The fourth-order valence-electron chi connectivity index (χ4n) is 5.19. The molecule has 1 aliphatic carbocycles. The number of carbonyl (C=O) groups excluding carboxylic acids is 4. The Morgan fingerprint density at radius 3 is 2.69 bits per heavy atom. The lowest BCUT2D eigenvalue weighted by Gasteiger charge is -2.31. The van der Waals surface area contributed by atoms with E-state index in [0.717, 1.165) is 0 Å². The molecule has 9 heteroatoms. The highest BCUT2D eigenvalue weighted by Crippen LogP contribution is 2.64. The van der Waals surface area contributed by atoms with E-state index in [2.05, 4.69) is 24.5 Å². The first-order valence-electron chi connectivity index (χ1n) is 10.9. The van der Waals surface area contributed by atoms with Gasteiger partial charge in [-0.1, -0.05) is 25.4 Å². The number of benzene rings is 1. The summed E-state index contributed by atoms with van der Waals surface area (Å²) in [6.07, 6.45) is 1.58. The van der Waals surface area contributed by atoms with Gasteiger partial charge in [0.15, 0.2) is 6.61 Å². The first-order chi connectivity index (χ1) is 15.2. The van der Waals surface area contributed by atoms with E-state index in [1.165, 1.54) is 0 Å². The van der Waals surface area contributed by atoms with Crippen LogP contribution in [-0.4, -0.2) is 60.7 Å². The lowest BCUT2D eigenvalue weighted by Crippen LogP contribution is -2.53. The average molecular weight is 462 g/mol. The number of ether oxygens (including phenoxy) is 1. The number of carbonyl (C=O) groups is 4. The monoisotopic (exact) mass is 461 g/mol. The normalized spacial score (nSPS) is 28.5. The number of likely N-dealkylation sites (tertiary alicyclic amines) is 1. The number of hydrogen-bond donors (Lipinski definition) is 2. The molecule has 3 amide bonds. The molecule has 5 atom stereocenters. The fraction of sp³-hybridized carbons (Fsp3) is 0.565. The third-order valence-corrected chi connectivity index (χ3v) is 7.42. The van der Waals surface area contributed by atoms with Crippen molar-refractivity contribution < 1.29 is 23.9 Å². The van der Waals surface area contributed by atoms with Crippen molar-refractivity contribution in [1.82, 2.24) is 15.5 Å². The zero-order valence-corrected chi connectivity index (χ0v) is 18.9. The van der Waals surface area contributed by atoms with Gasteiger partial charge in [0.25, 0.3) is 5.91 Å². The highest BCUT2D eigenvalue weighted by atomic mass is 35.5. The summed E-state index contributed by atoms with van der Waals surface area (Å²) in [7, 11) is 0. The Labute approximate surface area is 192 Å². The summed E-state index contributed by atoms with van der Waals surface area (Å²) in [5.74, 6) is -0.225. The summed E-state index contributed by atoms with van der Waals surface area (Å²) in [6.45, 7) is 5.06. The summed E-state index contributed by atoms with van der Waals surface area (Å²) < 4.78 is 5.59. The first-order valence-corrected chi connectivity index (χ1v) is 11.3. The van der Waals surface area contributed by atoms with E-state index in [1.807, 2.05) is 0 Å². The van der Waals surface area contributed by atoms with E-state index in [9.17, 15) is 19.2 Å². The van der Waals surface area contributed by atoms with Crippen LogP contribution in [0, 0.1) is 23.2 Å². The molecule has 8 nitrogen and oxygen atoms in total. The summed E-state index contributed by atoms with van der Waals surface area (Å²) in [5.41, 5.74) is -0.0438. The fourth-order valence-corrected chi connectivity index (χ4v) is 5.32. The van der Waals surface area contributed by atoms with Crippen LogP contribution in [-0.2, 0) is 19.2 Å². The minimum Gasteiger partial charge on any atom is -0.484 e. The molecule has 2 saturated heterocycles. The molecule has 0 bridgehead atoms. The highest BCUT2D eigenvalue weighted by Gasteiger charge is 2.69. The van der Waals surface area contributed by atoms with Crippen LogP contribution in [0.1, 0.15) is 26.7 Å².